The highest BCUT2D eigenvalue weighted by Crippen LogP contribution is 2.17. The van der Waals surface area contributed by atoms with Crippen molar-refractivity contribution in [3.63, 3.8) is 0 Å². The summed E-state index contributed by atoms with van der Waals surface area (Å²) in [6.45, 7) is 8.78. The molecule has 0 bridgehead atoms. The molecule has 0 radical (unpaired) electrons. The Kier molecular flexibility index (Phi) is 5.52. The fraction of sp³-hybridized carbons (Fsp3) is 0.571. The summed E-state index contributed by atoms with van der Waals surface area (Å²) < 4.78 is 27.3. The Balaban J connectivity index is 2.94. The zero-order chi connectivity index (χ0) is 14.6. The SMILES string of the molecule is Cc1ccc(CN)cc1S(=O)(=O)NCC(C)C(C)C. The molecule has 1 atom stereocenters. The van der Waals surface area contributed by atoms with Crippen LogP contribution in [0, 0.1) is 18.8 Å². The second-order valence-corrected chi connectivity index (χ2v) is 7.11. The van der Waals surface area contributed by atoms with E-state index in [1.807, 2.05) is 13.0 Å². The maximum Gasteiger partial charge on any atom is 0.240 e. The van der Waals surface area contributed by atoms with Gasteiger partial charge >= 0.3 is 0 Å². The molecule has 0 heterocycles. The standard InChI is InChI=1S/C14H24N2O2S/c1-10(2)12(4)9-16-19(17,18)14-7-13(8-15)6-5-11(14)3/h5-7,10,12,16H,8-9,15H2,1-4H3. The van der Waals surface area contributed by atoms with E-state index in [9.17, 15) is 8.42 Å². The Hall–Kier alpha value is -0.910. The first-order chi connectivity index (χ1) is 8.77. The number of benzene rings is 1. The van der Waals surface area contributed by atoms with Crippen LogP contribution in [0.25, 0.3) is 0 Å². The van der Waals surface area contributed by atoms with Gasteiger partial charge in [0.25, 0.3) is 0 Å². The molecule has 5 heteroatoms. The van der Waals surface area contributed by atoms with Gasteiger partial charge in [0.2, 0.25) is 10.0 Å². The fourth-order valence-electron chi connectivity index (χ4n) is 1.62. The van der Waals surface area contributed by atoms with Crippen molar-refractivity contribution in [2.24, 2.45) is 17.6 Å². The van der Waals surface area contributed by atoms with Gasteiger partial charge in [0.1, 0.15) is 0 Å². The van der Waals surface area contributed by atoms with E-state index >= 15 is 0 Å². The lowest BCUT2D eigenvalue weighted by atomic mass is 9.99. The highest BCUT2D eigenvalue weighted by Gasteiger charge is 2.18. The van der Waals surface area contributed by atoms with Crippen molar-refractivity contribution in [3.05, 3.63) is 29.3 Å². The minimum atomic E-state index is -3.46. The van der Waals surface area contributed by atoms with E-state index in [-0.39, 0.29) is 0 Å². The lowest BCUT2D eigenvalue weighted by Gasteiger charge is -2.17. The van der Waals surface area contributed by atoms with E-state index in [2.05, 4.69) is 18.6 Å². The van der Waals surface area contributed by atoms with Crippen LogP contribution in [-0.4, -0.2) is 15.0 Å². The normalized spacial score (nSPS) is 13.8. The Morgan fingerprint density at radius 3 is 2.42 bits per heavy atom. The fourth-order valence-corrected chi connectivity index (χ4v) is 3.05. The van der Waals surface area contributed by atoms with E-state index in [1.54, 1.807) is 19.1 Å². The molecule has 0 aliphatic rings. The number of aryl methyl sites for hydroxylation is 1. The van der Waals surface area contributed by atoms with E-state index in [1.165, 1.54) is 0 Å². The summed E-state index contributed by atoms with van der Waals surface area (Å²) in [7, 11) is -3.46. The third-order valence-electron chi connectivity index (χ3n) is 3.51. The molecule has 1 rings (SSSR count). The first kappa shape index (κ1) is 16.1. The topological polar surface area (TPSA) is 72.2 Å². The first-order valence-electron chi connectivity index (χ1n) is 6.57. The van der Waals surface area contributed by atoms with Gasteiger partial charge in [-0.3, -0.25) is 0 Å². The number of hydrogen-bond donors (Lipinski definition) is 2. The molecule has 0 aliphatic carbocycles. The van der Waals surface area contributed by atoms with Crippen LogP contribution in [0.1, 0.15) is 31.9 Å². The predicted molar refractivity (Wildman–Crippen MR) is 78.3 cm³/mol. The highest BCUT2D eigenvalue weighted by atomic mass is 32.2. The molecule has 0 saturated heterocycles. The molecule has 0 fully saturated rings. The van der Waals surface area contributed by atoms with Crippen LogP contribution in [0.2, 0.25) is 0 Å². The average molecular weight is 284 g/mol. The molecule has 3 N–H and O–H groups in total. The van der Waals surface area contributed by atoms with Crippen LogP contribution in [0.3, 0.4) is 0 Å². The molecule has 0 aromatic heterocycles. The van der Waals surface area contributed by atoms with Gasteiger partial charge in [0, 0.05) is 13.1 Å². The van der Waals surface area contributed by atoms with Gasteiger partial charge in [-0.25, -0.2) is 13.1 Å². The maximum atomic E-state index is 12.3. The number of rotatable bonds is 6. The van der Waals surface area contributed by atoms with Gasteiger partial charge in [-0.15, -0.1) is 0 Å². The molecule has 0 spiro atoms. The molecule has 4 nitrogen and oxygen atoms in total. The third-order valence-corrected chi connectivity index (χ3v) is 5.08. The summed E-state index contributed by atoms with van der Waals surface area (Å²) in [6.07, 6.45) is 0. The molecule has 0 amide bonds. The molecular formula is C14H24N2O2S. The van der Waals surface area contributed by atoms with Crippen molar-refractivity contribution in [1.82, 2.24) is 4.72 Å². The molecule has 0 saturated carbocycles. The average Bonchev–Trinajstić information content (AvgIpc) is 2.36. The summed E-state index contributed by atoms with van der Waals surface area (Å²) in [5, 5.41) is 0. The van der Waals surface area contributed by atoms with Crippen LogP contribution in [0.5, 0.6) is 0 Å². The second-order valence-electron chi connectivity index (χ2n) is 5.38. The zero-order valence-corrected chi connectivity index (χ0v) is 12.9. The first-order valence-corrected chi connectivity index (χ1v) is 8.05. The lowest BCUT2D eigenvalue weighted by molar-refractivity contribution is 0.414. The van der Waals surface area contributed by atoms with Gasteiger partial charge in [-0.05, 0) is 36.0 Å². The minimum absolute atomic E-state index is 0.299. The Morgan fingerprint density at radius 2 is 1.89 bits per heavy atom. The molecule has 0 aliphatic heterocycles. The summed E-state index contributed by atoms with van der Waals surface area (Å²) in [5.74, 6) is 0.743. The van der Waals surface area contributed by atoms with Crippen molar-refractivity contribution < 1.29 is 8.42 Å². The van der Waals surface area contributed by atoms with Crippen LogP contribution in [0.4, 0.5) is 0 Å². The van der Waals surface area contributed by atoms with Crippen molar-refractivity contribution >= 4 is 10.0 Å². The maximum absolute atomic E-state index is 12.3. The van der Waals surface area contributed by atoms with Crippen LogP contribution < -0.4 is 10.5 Å². The van der Waals surface area contributed by atoms with E-state index < -0.39 is 10.0 Å². The van der Waals surface area contributed by atoms with Crippen molar-refractivity contribution in [3.8, 4) is 0 Å². The molecule has 1 aromatic rings. The molecule has 19 heavy (non-hydrogen) atoms. The molecule has 1 unspecified atom stereocenters. The van der Waals surface area contributed by atoms with E-state index in [4.69, 9.17) is 5.73 Å². The van der Waals surface area contributed by atoms with Gasteiger partial charge < -0.3 is 5.73 Å². The molecule has 1 aromatic carbocycles. The molecule has 108 valence electrons. The third kappa shape index (κ3) is 4.30. The summed E-state index contributed by atoms with van der Waals surface area (Å²) in [4.78, 5) is 0.325. The zero-order valence-electron chi connectivity index (χ0n) is 12.1. The summed E-state index contributed by atoms with van der Waals surface area (Å²) in [6, 6.07) is 5.30. The second kappa shape index (κ2) is 6.50. The number of nitrogens with one attached hydrogen (secondary N) is 1. The van der Waals surface area contributed by atoms with Gasteiger partial charge in [-0.2, -0.15) is 0 Å². The Labute approximate surface area is 116 Å². The Morgan fingerprint density at radius 1 is 1.26 bits per heavy atom. The smallest absolute Gasteiger partial charge is 0.240 e. The summed E-state index contributed by atoms with van der Waals surface area (Å²) in [5.41, 5.74) is 7.12. The predicted octanol–water partition coefficient (Wildman–Crippen LogP) is 2.02. The van der Waals surface area contributed by atoms with Gasteiger partial charge in [0.05, 0.1) is 4.90 Å². The van der Waals surface area contributed by atoms with Crippen molar-refractivity contribution in [2.45, 2.75) is 39.1 Å². The molecular weight excluding hydrogens is 260 g/mol. The van der Waals surface area contributed by atoms with Gasteiger partial charge in [0.15, 0.2) is 0 Å². The quantitative estimate of drug-likeness (QED) is 0.839. The van der Waals surface area contributed by atoms with Crippen molar-refractivity contribution in [1.29, 1.82) is 0 Å². The summed E-state index contributed by atoms with van der Waals surface area (Å²) >= 11 is 0. The lowest BCUT2D eigenvalue weighted by Crippen LogP contribution is -2.30. The minimum Gasteiger partial charge on any atom is -0.326 e. The number of hydrogen-bond acceptors (Lipinski definition) is 3. The van der Waals surface area contributed by atoms with Crippen LogP contribution in [0.15, 0.2) is 23.1 Å². The highest BCUT2D eigenvalue weighted by molar-refractivity contribution is 7.89. The monoisotopic (exact) mass is 284 g/mol. The van der Waals surface area contributed by atoms with E-state index in [0.717, 1.165) is 11.1 Å². The van der Waals surface area contributed by atoms with Gasteiger partial charge in [-0.1, -0.05) is 32.9 Å². The van der Waals surface area contributed by atoms with Crippen LogP contribution in [-0.2, 0) is 16.6 Å². The van der Waals surface area contributed by atoms with Crippen LogP contribution >= 0.6 is 0 Å². The van der Waals surface area contributed by atoms with Crippen molar-refractivity contribution in [2.75, 3.05) is 6.54 Å². The largest absolute Gasteiger partial charge is 0.326 e. The number of sulfonamides is 1. The Bertz CT molecular complexity index is 524. The number of nitrogens with two attached hydrogens (primary N) is 1. The van der Waals surface area contributed by atoms with E-state index in [0.29, 0.717) is 29.8 Å².